The number of halogens is 1. The number of benzene rings is 1. The molecule has 0 bridgehead atoms. The maximum atomic E-state index is 5.17. The standard InChI is InChI=1S/C12H10BrNO/c1-15-12-5-4-9(7-11(12)13)10-3-2-6-14-8-10/h2-8H,1H3. The first-order chi connectivity index (χ1) is 7.31. The van der Waals surface area contributed by atoms with E-state index in [0.29, 0.717) is 0 Å². The van der Waals surface area contributed by atoms with Crippen LogP contribution >= 0.6 is 15.9 Å². The summed E-state index contributed by atoms with van der Waals surface area (Å²) in [4.78, 5) is 4.09. The molecule has 1 aromatic carbocycles. The Balaban J connectivity index is 2.43. The highest BCUT2D eigenvalue weighted by molar-refractivity contribution is 9.10. The lowest BCUT2D eigenvalue weighted by Gasteiger charge is -2.05. The highest BCUT2D eigenvalue weighted by Crippen LogP contribution is 2.29. The van der Waals surface area contributed by atoms with Crippen molar-refractivity contribution in [3.63, 3.8) is 0 Å². The van der Waals surface area contributed by atoms with E-state index in [1.54, 1.807) is 13.3 Å². The SMILES string of the molecule is COc1ccc(-c2cccnc2)cc1Br. The molecular formula is C12H10BrNO. The van der Waals surface area contributed by atoms with E-state index < -0.39 is 0 Å². The van der Waals surface area contributed by atoms with E-state index in [1.807, 2.05) is 36.5 Å². The largest absolute Gasteiger partial charge is 0.496 e. The zero-order chi connectivity index (χ0) is 10.7. The third-order valence-corrected chi connectivity index (χ3v) is 2.77. The number of hydrogen-bond donors (Lipinski definition) is 0. The summed E-state index contributed by atoms with van der Waals surface area (Å²) in [6.45, 7) is 0. The fourth-order valence-corrected chi connectivity index (χ4v) is 1.92. The van der Waals surface area contributed by atoms with Crippen molar-refractivity contribution in [3.8, 4) is 16.9 Å². The van der Waals surface area contributed by atoms with Crippen LogP contribution in [0.25, 0.3) is 11.1 Å². The average Bonchev–Trinajstić information content (AvgIpc) is 2.30. The molecule has 2 nitrogen and oxygen atoms in total. The van der Waals surface area contributed by atoms with Crippen LogP contribution in [-0.4, -0.2) is 12.1 Å². The summed E-state index contributed by atoms with van der Waals surface area (Å²) in [5.41, 5.74) is 2.22. The maximum Gasteiger partial charge on any atom is 0.133 e. The molecule has 1 heterocycles. The van der Waals surface area contributed by atoms with E-state index in [0.717, 1.165) is 21.3 Å². The molecule has 0 atom stereocenters. The van der Waals surface area contributed by atoms with Crippen LogP contribution in [0.4, 0.5) is 0 Å². The number of hydrogen-bond acceptors (Lipinski definition) is 2. The second-order valence-corrected chi connectivity index (χ2v) is 3.95. The predicted molar refractivity (Wildman–Crippen MR) is 63.9 cm³/mol. The lowest BCUT2D eigenvalue weighted by atomic mass is 10.1. The van der Waals surface area contributed by atoms with Crippen LogP contribution in [0.15, 0.2) is 47.2 Å². The van der Waals surface area contributed by atoms with Gasteiger partial charge in [0.2, 0.25) is 0 Å². The van der Waals surface area contributed by atoms with Gasteiger partial charge in [0.15, 0.2) is 0 Å². The minimum atomic E-state index is 0.836. The molecule has 2 rings (SSSR count). The van der Waals surface area contributed by atoms with Crippen molar-refractivity contribution in [2.75, 3.05) is 7.11 Å². The minimum absolute atomic E-state index is 0.836. The molecule has 0 spiro atoms. The summed E-state index contributed by atoms with van der Waals surface area (Å²) in [5, 5.41) is 0. The van der Waals surface area contributed by atoms with Gasteiger partial charge >= 0.3 is 0 Å². The van der Waals surface area contributed by atoms with E-state index >= 15 is 0 Å². The van der Waals surface area contributed by atoms with Gasteiger partial charge in [-0.25, -0.2) is 0 Å². The topological polar surface area (TPSA) is 22.1 Å². The van der Waals surface area contributed by atoms with Crippen LogP contribution in [0, 0.1) is 0 Å². The Hall–Kier alpha value is -1.35. The summed E-state index contributed by atoms with van der Waals surface area (Å²) >= 11 is 3.46. The Morgan fingerprint density at radius 3 is 2.67 bits per heavy atom. The van der Waals surface area contributed by atoms with Gasteiger partial charge in [-0.05, 0) is 39.7 Å². The van der Waals surface area contributed by atoms with Gasteiger partial charge in [0.1, 0.15) is 5.75 Å². The molecular weight excluding hydrogens is 254 g/mol. The number of pyridine rings is 1. The quantitative estimate of drug-likeness (QED) is 0.827. The van der Waals surface area contributed by atoms with Gasteiger partial charge < -0.3 is 4.74 Å². The number of rotatable bonds is 2. The zero-order valence-corrected chi connectivity index (χ0v) is 9.86. The van der Waals surface area contributed by atoms with Crippen molar-refractivity contribution in [1.82, 2.24) is 4.98 Å². The van der Waals surface area contributed by atoms with Gasteiger partial charge in [-0.3, -0.25) is 4.98 Å². The van der Waals surface area contributed by atoms with E-state index in [-0.39, 0.29) is 0 Å². The van der Waals surface area contributed by atoms with Crippen LogP contribution in [-0.2, 0) is 0 Å². The number of nitrogens with zero attached hydrogens (tertiary/aromatic N) is 1. The molecule has 0 aliphatic carbocycles. The normalized spacial score (nSPS) is 10.0. The van der Waals surface area contributed by atoms with E-state index in [1.165, 1.54) is 0 Å². The molecule has 0 amide bonds. The van der Waals surface area contributed by atoms with Crippen LogP contribution < -0.4 is 4.74 Å². The summed E-state index contributed by atoms with van der Waals surface area (Å²) in [6.07, 6.45) is 3.61. The first-order valence-corrected chi connectivity index (χ1v) is 5.34. The van der Waals surface area contributed by atoms with Gasteiger partial charge in [-0.15, -0.1) is 0 Å². The second-order valence-electron chi connectivity index (χ2n) is 3.09. The molecule has 15 heavy (non-hydrogen) atoms. The van der Waals surface area contributed by atoms with Gasteiger partial charge in [-0.1, -0.05) is 12.1 Å². The lowest BCUT2D eigenvalue weighted by molar-refractivity contribution is 0.412. The molecule has 0 saturated carbocycles. The second kappa shape index (κ2) is 4.45. The number of methoxy groups -OCH3 is 1. The Labute approximate surface area is 97.1 Å². The summed E-state index contributed by atoms with van der Waals surface area (Å²) in [5.74, 6) is 0.836. The van der Waals surface area contributed by atoms with Crippen molar-refractivity contribution in [2.45, 2.75) is 0 Å². The van der Waals surface area contributed by atoms with Crippen molar-refractivity contribution in [1.29, 1.82) is 0 Å². The number of aromatic nitrogens is 1. The molecule has 0 unspecified atom stereocenters. The fourth-order valence-electron chi connectivity index (χ4n) is 1.38. The monoisotopic (exact) mass is 263 g/mol. The van der Waals surface area contributed by atoms with Crippen molar-refractivity contribution in [3.05, 3.63) is 47.2 Å². The first-order valence-electron chi connectivity index (χ1n) is 4.55. The van der Waals surface area contributed by atoms with E-state index in [2.05, 4.69) is 20.9 Å². The molecule has 0 saturated heterocycles. The van der Waals surface area contributed by atoms with Crippen LogP contribution in [0.2, 0.25) is 0 Å². The third-order valence-electron chi connectivity index (χ3n) is 2.15. The van der Waals surface area contributed by atoms with Crippen molar-refractivity contribution in [2.24, 2.45) is 0 Å². The van der Waals surface area contributed by atoms with Crippen molar-refractivity contribution < 1.29 is 4.74 Å². The van der Waals surface area contributed by atoms with Crippen LogP contribution in [0.1, 0.15) is 0 Å². The Kier molecular flexibility index (Phi) is 3.02. The van der Waals surface area contributed by atoms with Gasteiger partial charge in [0.05, 0.1) is 11.6 Å². The molecule has 3 heteroatoms. The van der Waals surface area contributed by atoms with Gasteiger partial charge in [-0.2, -0.15) is 0 Å². The van der Waals surface area contributed by atoms with Gasteiger partial charge in [0, 0.05) is 18.0 Å². The molecule has 0 radical (unpaired) electrons. The van der Waals surface area contributed by atoms with Gasteiger partial charge in [0.25, 0.3) is 0 Å². The molecule has 1 aromatic heterocycles. The smallest absolute Gasteiger partial charge is 0.133 e. The minimum Gasteiger partial charge on any atom is -0.496 e. The van der Waals surface area contributed by atoms with E-state index in [4.69, 9.17) is 4.74 Å². The van der Waals surface area contributed by atoms with Crippen molar-refractivity contribution >= 4 is 15.9 Å². The first kappa shape index (κ1) is 10.2. The Morgan fingerprint density at radius 1 is 1.20 bits per heavy atom. The van der Waals surface area contributed by atoms with E-state index in [9.17, 15) is 0 Å². The number of ether oxygens (including phenoxy) is 1. The highest BCUT2D eigenvalue weighted by Gasteiger charge is 2.02. The summed E-state index contributed by atoms with van der Waals surface area (Å²) in [7, 11) is 1.66. The molecule has 0 fully saturated rings. The van der Waals surface area contributed by atoms with Crippen LogP contribution in [0.3, 0.4) is 0 Å². The average molecular weight is 264 g/mol. The molecule has 76 valence electrons. The predicted octanol–water partition coefficient (Wildman–Crippen LogP) is 3.52. The summed E-state index contributed by atoms with van der Waals surface area (Å²) < 4.78 is 6.12. The Bertz CT molecular complexity index is 456. The highest BCUT2D eigenvalue weighted by atomic mass is 79.9. The molecule has 0 aliphatic heterocycles. The Morgan fingerprint density at radius 2 is 2.07 bits per heavy atom. The molecule has 0 N–H and O–H groups in total. The van der Waals surface area contributed by atoms with Crippen LogP contribution in [0.5, 0.6) is 5.75 Å². The third kappa shape index (κ3) is 2.18. The summed E-state index contributed by atoms with van der Waals surface area (Å²) in [6, 6.07) is 9.93. The zero-order valence-electron chi connectivity index (χ0n) is 8.27. The molecule has 2 aromatic rings. The lowest BCUT2D eigenvalue weighted by Crippen LogP contribution is -1.85. The molecule has 0 aliphatic rings. The maximum absolute atomic E-state index is 5.17. The fraction of sp³-hybridized carbons (Fsp3) is 0.0833.